The Morgan fingerprint density at radius 3 is 2.36 bits per heavy atom. The minimum atomic E-state index is -3.59. The molecule has 0 radical (unpaired) electrons. The predicted molar refractivity (Wildman–Crippen MR) is 98.9 cm³/mol. The molecule has 6 nitrogen and oxygen atoms in total. The van der Waals surface area contributed by atoms with E-state index in [1.165, 1.54) is 26.4 Å². The molecule has 0 bridgehead atoms. The highest BCUT2D eigenvalue weighted by Gasteiger charge is 2.19. The van der Waals surface area contributed by atoms with E-state index in [-0.39, 0.29) is 16.3 Å². The zero-order chi connectivity index (χ0) is 18.6. The number of nitrogens with one attached hydrogen (secondary N) is 1. The maximum Gasteiger partial charge on any atom is 0.340 e. The van der Waals surface area contributed by atoms with Crippen LogP contribution in [0, 0.1) is 6.92 Å². The van der Waals surface area contributed by atoms with Gasteiger partial charge >= 0.3 is 5.97 Å². The van der Waals surface area contributed by atoms with Crippen LogP contribution in [0.2, 0.25) is 0 Å². The van der Waals surface area contributed by atoms with Crippen LogP contribution >= 0.6 is 15.9 Å². The Morgan fingerprint density at radius 2 is 1.80 bits per heavy atom. The second-order valence-corrected chi connectivity index (χ2v) is 8.15. The molecule has 0 saturated heterocycles. The van der Waals surface area contributed by atoms with Gasteiger partial charge in [-0.1, -0.05) is 15.9 Å². The van der Waals surface area contributed by atoms with Crippen LogP contribution < -0.4 is 10.1 Å². The number of hydrogen-bond acceptors (Lipinski definition) is 6. The van der Waals surface area contributed by atoms with Crippen LogP contribution in [0.1, 0.15) is 15.9 Å². The standard InChI is InChI=1S/C17H18BrNO5S/c1-11-8-12(18)9-15(17(20)24-3)16(11)19-10-25(21,22)14-6-4-13(23-2)5-7-14/h4-9,19H,10H2,1-3H3. The lowest BCUT2D eigenvalue weighted by molar-refractivity contribution is 0.0601. The lowest BCUT2D eigenvalue weighted by atomic mass is 10.1. The maximum absolute atomic E-state index is 12.5. The number of halogens is 1. The summed E-state index contributed by atoms with van der Waals surface area (Å²) in [5, 5.41) is 2.85. The number of carbonyl (C=O) groups is 1. The minimum absolute atomic E-state index is 0.162. The fourth-order valence-corrected chi connectivity index (χ4v) is 3.91. The molecule has 1 N–H and O–H groups in total. The van der Waals surface area contributed by atoms with Gasteiger partial charge in [0, 0.05) is 4.47 Å². The molecule has 0 atom stereocenters. The molecule has 2 aromatic rings. The first-order valence-corrected chi connectivity index (χ1v) is 9.72. The normalized spacial score (nSPS) is 11.0. The molecule has 0 unspecified atom stereocenters. The molecule has 0 saturated carbocycles. The molecule has 0 fully saturated rings. The lowest BCUT2D eigenvalue weighted by Gasteiger charge is -2.15. The number of sulfone groups is 1. The van der Waals surface area contributed by atoms with Gasteiger partial charge in [0.05, 0.1) is 30.4 Å². The molecule has 0 spiro atoms. The van der Waals surface area contributed by atoms with Crippen molar-refractivity contribution in [3.63, 3.8) is 0 Å². The first-order chi connectivity index (χ1) is 11.8. The summed E-state index contributed by atoms with van der Waals surface area (Å²) >= 11 is 3.32. The number of carbonyl (C=O) groups excluding carboxylic acids is 1. The fraction of sp³-hybridized carbons (Fsp3) is 0.235. The highest BCUT2D eigenvalue weighted by molar-refractivity contribution is 9.10. The monoisotopic (exact) mass is 427 g/mol. The van der Waals surface area contributed by atoms with Crippen molar-refractivity contribution in [3.05, 3.63) is 52.0 Å². The van der Waals surface area contributed by atoms with E-state index in [4.69, 9.17) is 9.47 Å². The summed E-state index contributed by atoms with van der Waals surface area (Å²) in [6, 6.07) is 9.49. The third kappa shape index (κ3) is 4.52. The van der Waals surface area contributed by atoms with Crippen LogP contribution in [0.15, 0.2) is 45.8 Å². The summed E-state index contributed by atoms with van der Waals surface area (Å²) < 4.78 is 35.5. The Balaban J connectivity index is 2.29. The number of anilines is 1. The number of esters is 1. The summed E-state index contributed by atoms with van der Waals surface area (Å²) in [5.41, 5.74) is 1.41. The molecular formula is C17H18BrNO5S. The van der Waals surface area contributed by atoms with Crippen molar-refractivity contribution in [3.8, 4) is 5.75 Å². The van der Waals surface area contributed by atoms with Crippen LogP contribution in [-0.4, -0.2) is 34.5 Å². The molecule has 0 heterocycles. The molecule has 2 aromatic carbocycles. The highest BCUT2D eigenvalue weighted by atomic mass is 79.9. The lowest BCUT2D eigenvalue weighted by Crippen LogP contribution is -2.18. The molecule has 0 amide bonds. The molecule has 25 heavy (non-hydrogen) atoms. The Bertz CT molecular complexity index is 879. The Kier molecular flexibility index (Phi) is 6.07. The van der Waals surface area contributed by atoms with Gasteiger partial charge in [-0.05, 0) is 48.9 Å². The van der Waals surface area contributed by atoms with Gasteiger partial charge in [0.25, 0.3) is 0 Å². The van der Waals surface area contributed by atoms with Gasteiger partial charge in [0.1, 0.15) is 11.6 Å². The molecular weight excluding hydrogens is 410 g/mol. The molecule has 0 aliphatic carbocycles. The van der Waals surface area contributed by atoms with E-state index < -0.39 is 15.8 Å². The van der Waals surface area contributed by atoms with Crippen LogP contribution in [0.5, 0.6) is 5.75 Å². The van der Waals surface area contributed by atoms with Crippen molar-refractivity contribution in [2.24, 2.45) is 0 Å². The van der Waals surface area contributed by atoms with Crippen molar-refractivity contribution in [2.75, 3.05) is 25.4 Å². The largest absolute Gasteiger partial charge is 0.497 e. The van der Waals surface area contributed by atoms with Crippen LogP contribution in [0.3, 0.4) is 0 Å². The van der Waals surface area contributed by atoms with Crippen molar-refractivity contribution >= 4 is 37.4 Å². The summed E-state index contributed by atoms with van der Waals surface area (Å²) in [6.45, 7) is 1.78. The molecule has 134 valence electrons. The average Bonchev–Trinajstić information content (AvgIpc) is 2.59. The van der Waals surface area contributed by atoms with Gasteiger partial charge in [-0.25, -0.2) is 13.2 Å². The predicted octanol–water partition coefficient (Wildman–Crippen LogP) is 3.40. The molecule has 8 heteroatoms. The third-order valence-electron chi connectivity index (χ3n) is 3.56. The Morgan fingerprint density at radius 1 is 1.16 bits per heavy atom. The Labute approximate surface area is 155 Å². The van der Waals surface area contributed by atoms with Gasteiger partial charge in [-0.2, -0.15) is 0 Å². The van der Waals surface area contributed by atoms with E-state index in [1.807, 2.05) is 0 Å². The zero-order valence-electron chi connectivity index (χ0n) is 14.0. The number of ether oxygens (including phenoxy) is 2. The number of hydrogen-bond donors (Lipinski definition) is 1. The first-order valence-electron chi connectivity index (χ1n) is 7.27. The number of rotatable bonds is 6. The van der Waals surface area contributed by atoms with E-state index in [9.17, 15) is 13.2 Å². The van der Waals surface area contributed by atoms with Gasteiger partial charge in [0.15, 0.2) is 9.84 Å². The van der Waals surface area contributed by atoms with Crippen molar-refractivity contribution < 1.29 is 22.7 Å². The zero-order valence-corrected chi connectivity index (χ0v) is 16.4. The topological polar surface area (TPSA) is 81.7 Å². The van der Waals surface area contributed by atoms with E-state index in [2.05, 4.69) is 21.2 Å². The molecule has 0 aliphatic rings. The smallest absolute Gasteiger partial charge is 0.340 e. The van der Waals surface area contributed by atoms with Gasteiger partial charge < -0.3 is 14.8 Å². The van der Waals surface area contributed by atoms with Crippen molar-refractivity contribution in [1.82, 2.24) is 0 Å². The van der Waals surface area contributed by atoms with Gasteiger partial charge in [-0.3, -0.25) is 0 Å². The summed E-state index contributed by atoms with van der Waals surface area (Å²) in [5.74, 6) is -0.330. The third-order valence-corrected chi connectivity index (χ3v) is 5.54. The number of benzene rings is 2. The fourth-order valence-electron chi connectivity index (χ4n) is 2.28. The van der Waals surface area contributed by atoms with Crippen molar-refractivity contribution in [2.45, 2.75) is 11.8 Å². The molecule has 0 aromatic heterocycles. The van der Waals surface area contributed by atoms with Crippen LogP contribution in [0.4, 0.5) is 5.69 Å². The summed E-state index contributed by atoms with van der Waals surface area (Å²) in [6.07, 6.45) is 0. The van der Waals surface area contributed by atoms with E-state index >= 15 is 0 Å². The van der Waals surface area contributed by atoms with E-state index in [0.29, 0.717) is 15.9 Å². The van der Waals surface area contributed by atoms with Gasteiger partial charge in [-0.15, -0.1) is 0 Å². The highest BCUT2D eigenvalue weighted by Crippen LogP contribution is 2.27. The first kappa shape index (κ1) is 19.3. The van der Waals surface area contributed by atoms with Gasteiger partial charge in [0.2, 0.25) is 0 Å². The second-order valence-electron chi connectivity index (χ2n) is 5.25. The second kappa shape index (κ2) is 7.88. The number of methoxy groups -OCH3 is 2. The van der Waals surface area contributed by atoms with E-state index in [0.717, 1.165) is 5.56 Å². The molecule has 0 aliphatic heterocycles. The van der Waals surface area contributed by atoms with Crippen LogP contribution in [0.25, 0.3) is 0 Å². The van der Waals surface area contributed by atoms with Crippen LogP contribution in [-0.2, 0) is 14.6 Å². The molecule has 2 rings (SSSR count). The minimum Gasteiger partial charge on any atom is -0.497 e. The summed E-state index contributed by atoms with van der Waals surface area (Å²) in [4.78, 5) is 12.1. The average molecular weight is 428 g/mol. The quantitative estimate of drug-likeness (QED) is 0.711. The van der Waals surface area contributed by atoms with E-state index in [1.54, 1.807) is 31.2 Å². The number of aryl methyl sites for hydroxylation is 1. The maximum atomic E-state index is 12.5. The Hall–Kier alpha value is -2.06. The SMILES string of the molecule is COC(=O)c1cc(Br)cc(C)c1NCS(=O)(=O)c1ccc(OC)cc1. The van der Waals surface area contributed by atoms with Crippen molar-refractivity contribution in [1.29, 1.82) is 0 Å². The summed E-state index contributed by atoms with van der Waals surface area (Å²) in [7, 11) is -0.806.